The van der Waals surface area contributed by atoms with Crippen LogP contribution in [0, 0.1) is 0 Å². The van der Waals surface area contributed by atoms with E-state index in [2.05, 4.69) is 31.1 Å². The predicted molar refractivity (Wildman–Crippen MR) is 88.5 cm³/mol. The third-order valence-electron chi connectivity index (χ3n) is 3.44. The number of hydrogen-bond acceptors (Lipinski definition) is 3. The molecular formula is C17H22ClNO2. The Morgan fingerprint density at radius 1 is 1.10 bits per heavy atom. The Morgan fingerprint density at radius 3 is 2.43 bits per heavy atom. The summed E-state index contributed by atoms with van der Waals surface area (Å²) in [6.07, 6.45) is 0.869. The van der Waals surface area contributed by atoms with Crippen LogP contribution in [0.15, 0.2) is 48.5 Å². The number of aromatic hydroxyl groups is 1. The third-order valence-corrected chi connectivity index (χ3v) is 3.44. The molecule has 21 heavy (non-hydrogen) atoms. The van der Waals surface area contributed by atoms with E-state index < -0.39 is 0 Å². The number of rotatable bonds is 5. The lowest BCUT2D eigenvalue weighted by atomic mass is 9.97. The van der Waals surface area contributed by atoms with E-state index in [4.69, 9.17) is 4.74 Å². The Bertz CT molecular complexity index is 572. The van der Waals surface area contributed by atoms with E-state index in [1.54, 1.807) is 13.2 Å². The van der Waals surface area contributed by atoms with Gasteiger partial charge in [-0.05, 0) is 55.9 Å². The zero-order valence-corrected chi connectivity index (χ0v) is 13.4. The number of methoxy groups -OCH3 is 1. The third kappa shape index (κ3) is 4.66. The van der Waals surface area contributed by atoms with Gasteiger partial charge in [0, 0.05) is 6.04 Å². The molecule has 1 N–H and O–H groups in total. The molecule has 4 heteroatoms. The molecule has 0 aliphatic carbocycles. The molecule has 2 aromatic rings. The fraction of sp³-hybridized carbons (Fsp3) is 0.294. The Labute approximate surface area is 132 Å². The van der Waals surface area contributed by atoms with E-state index in [0.29, 0.717) is 5.75 Å². The molecule has 1 atom stereocenters. The number of ether oxygens (including phenoxy) is 1. The van der Waals surface area contributed by atoms with E-state index in [9.17, 15) is 5.11 Å². The highest BCUT2D eigenvalue weighted by Crippen LogP contribution is 2.26. The lowest BCUT2D eigenvalue weighted by molar-refractivity contribution is 0.296. The molecule has 114 valence electrons. The molecule has 0 radical (unpaired) electrons. The van der Waals surface area contributed by atoms with E-state index >= 15 is 0 Å². The number of hydrogen-bond donors (Lipinski definition) is 1. The number of nitrogens with zero attached hydrogens (tertiary/aromatic N) is 1. The standard InChI is InChI=1S/C17H21NO2.ClH/c1-18(2)17(14-7-5-8-15(19)12-14)11-13-6-4-9-16(10-13)20-3;/h4-10,12,17,19H,11H2,1-3H3;1H. The maximum Gasteiger partial charge on any atom is 0.119 e. The first-order valence-electron chi connectivity index (χ1n) is 6.68. The highest BCUT2D eigenvalue weighted by Gasteiger charge is 2.15. The van der Waals surface area contributed by atoms with Crippen molar-refractivity contribution in [3.05, 3.63) is 59.7 Å². The highest BCUT2D eigenvalue weighted by molar-refractivity contribution is 5.85. The van der Waals surface area contributed by atoms with Gasteiger partial charge >= 0.3 is 0 Å². The van der Waals surface area contributed by atoms with Crippen molar-refractivity contribution in [3.8, 4) is 11.5 Å². The lowest BCUT2D eigenvalue weighted by Gasteiger charge is -2.25. The maximum atomic E-state index is 9.65. The zero-order chi connectivity index (χ0) is 14.5. The molecule has 0 aliphatic rings. The normalized spacial score (nSPS) is 11.8. The minimum absolute atomic E-state index is 0. The van der Waals surface area contributed by atoms with Crippen molar-refractivity contribution < 1.29 is 9.84 Å². The molecule has 0 aliphatic heterocycles. The predicted octanol–water partition coefficient (Wildman–Crippen LogP) is 3.67. The molecular weight excluding hydrogens is 286 g/mol. The van der Waals surface area contributed by atoms with Crippen molar-refractivity contribution in [1.82, 2.24) is 4.90 Å². The molecule has 0 amide bonds. The van der Waals surface area contributed by atoms with Gasteiger partial charge in [0.25, 0.3) is 0 Å². The molecule has 0 heterocycles. The fourth-order valence-electron chi connectivity index (χ4n) is 2.35. The summed E-state index contributed by atoms with van der Waals surface area (Å²) >= 11 is 0. The van der Waals surface area contributed by atoms with Crippen LogP contribution in [0.2, 0.25) is 0 Å². The van der Waals surface area contributed by atoms with E-state index in [0.717, 1.165) is 17.7 Å². The maximum absolute atomic E-state index is 9.65. The molecule has 0 spiro atoms. The van der Waals surface area contributed by atoms with Gasteiger partial charge in [-0.15, -0.1) is 12.4 Å². The van der Waals surface area contributed by atoms with E-state index in [-0.39, 0.29) is 18.4 Å². The quantitative estimate of drug-likeness (QED) is 0.915. The minimum atomic E-state index is 0. The number of benzene rings is 2. The van der Waals surface area contributed by atoms with Crippen LogP contribution < -0.4 is 4.74 Å². The number of phenols is 1. The summed E-state index contributed by atoms with van der Waals surface area (Å²) < 4.78 is 5.27. The van der Waals surface area contributed by atoms with Gasteiger partial charge in [-0.25, -0.2) is 0 Å². The van der Waals surface area contributed by atoms with Gasteiger partial charge in [0.15, 0.2) is 0 Å². The highest BCUT2D eigenvalue weighted by atomic mass is 35.5. The summed E-state index contributed by atoms with van der Waals surface area (Å²) in [5, 5.41) is 9.65. The van der Waals surface area contributed by atoms with Crippen molar-refractivity contribution in [3.63, 3.8) is 0 Å². The summed E-state index contributed by atoms with van der Waals surface area (Å²) in [5.74, 6) is 1.18. The largest absolute Gasteiger partial charge is 0.508 e. The van der Waals surface area contributed by atoms with E-state index in [1.807, 2.05) is 30.3 Å². The van der Waals surface area contributed by atoms with Crippen LogP contribution in [-0.4, -0.2) is 31.2 Å². The van der Waals surface area contributed by atoms with E-state index in [1.165, 1.54) is 5.56 Å². The van der Waals surface area contributed by atoms with Gasteiger partial charge < -0.3 is 14.7 Å². The van der Waals surface area contributed by atoms with Gasteiger partial charge in [-0.2, -0.15) is 0 Å². The van der Waals surface area contributed by atoms with Crippen LogP contribution in [-0.2, 0) is 6.42 Å². The molecule has 1 unspecified atom stereocenters. The van der Waals surface area contributed by atoms with Crippen molar-refractivity contribution >= 4 is 12.4 Å². The minimum Gasteiger partial charge on any atom is -0.508 e. The smallest absolute Gasteiger partial charge is 0.119 e. The summed E-state index contributed by atoms with van der Waals surface area (Å²) in [6, 6.07) is 15.8. The monoisotopic (exact) mass is 307 g/mol. The summed E-state index contributed by atoms with van der Waals surface area (Å²) in [6.45, 7) is 0. The van der Waals surface area contributed by atoms with Crippen LogP contribution in [0.4, 0.5) is 0 Å². The molecule has 2 aromatic carbocycles. The molecule has 3 nitrogen and oxygen atoms in total. The summed E-state index contributed by atoms with van der Waals surface area (Å²) in [5.41, 5.74) is 2.32. The van der Waals surface area contributed by atoms with Crippen molar-refractivity contribution in [2.45, 2.75) is 12.5 Å². The average Bonchev–Trinajstić information content (AvgIpc) is 2.44. The van der Waals surface area contributed by atoms with Crippen LogP contribution in [0.25, 0.3) is 0 Å². The zero-order valence-electron chi connectivity index (χ0n) is 12.6. The lowest BCUT2D eigenvalue weighted by Crippen LogP contribution is -2.22. The first kappa shape index (κ1) is 17.3. The molecule has 0 bridgehead atoms. The topological polar surface area (TPSA) is 32.7 Å². The van der Waals surface area contributed by atoms with Crippen molar-refractivity contribution in [1.29, 1.82) is 0 Å². The summed E-state index contributed by atoms with van der Waals surface area (Å²) in [7, 11) is 5.78. The van der Waals surface area contributed by atoms with Crippen LogP contribution in [0.5, 0.6) is 11.5 Å². The fourth-order valence-corrected chi connectivity index (χ4v) is 2.35. The van der Waals surface area contributed by atoms with Crippen molar-refractivity contribution in [2.24, 2.45) is 0 Å². The molecule has 0 saturated carbocycles. The second-order valence-electron chi connectivity index (χ2n) is 5.13. The molecule has 0 saturated heterocycles. The van der Waals surface area contributed by atoms with Gasteiger partial charge in [0.05, 0.1) is 7.11 Å². The van der Waals surface area contributed by atoms with Crippen LogP contribution >= 0.6 is 12.4 Å². The second-order valence-corrected chi connectivity index (χ2v) is 5.13. The molecule has 0 aromatic heterocycles. The van der Waals surface area contributed by atoms with Gasteiger partial charge in [0.2, 0.25) is 0 Å². The average molecular weight is 308 g/mol. The number of phenolic OH excluding ortho intramolecular Hbond substituents is 1. The van der Waals surface area contributed by atoms with Gasteiger partial charge in [-0.3, -0.25) is 0 Å². The molecule has 0 fully saturated rings. The first-order valence-corrected chi connectivity index (χ1v) is 6.68. The van der Waals surface area contributed by atoms with Crippen molar-refractivity contribution in [2.75, 3.05) is 21.2 Å². The molecule has 2 rings (SSSR count). The first-order chi connectivity index (χ1) is 9.60. The van der Waals surface area contributed by atoms with Gasteiger partial charge in [0.1, 0.15) is 11.5 Å². The number of likely N-dealkylation sites (N-methyl/N-ethyl adjacent to an activating group) is 1. The Morgan fingerprint density at radius 2 is 1.81 bits per heavy atom. The Kier molecular flexibility index (Phi) is 6.53. The SMILES string of the molecule is COc1cccc(CC(c2cccc(O)c2)N(C)C)c1.Cl. The van der Waals surface area contributed by atoms with Gasteiger partial charge in [-0.1, -0.05) is 24.3 Å². The second kappa shape index (κ2) is 7.91. The number of halogens is 1. The Balaban J connectivity index is 0.00000220. The Hall–Kier alpha value is -1.71. The van der Waals surface area contributed by atoms with Crippen LogP contribution in [0.3, 0.4) is 0 Å². The summed E-state index contributed by atoms with van der Waals surface area (Å²) in [4.78, 5) is 2.16. The van der Waals surface area contributed by atoms with Crippen LogP contribution in [0.1, 0.15) is 17.2 Å².